The standard InChI is InChI=1S/C28H23P/c1-21-11-10-18-25(21)28-26-17-9-8-12-22(26)19-20-27(28)29(23-13-4-2-5-14-23)24-15-6-3-7-16-24/h2-17,19-20H,18H2,1H3. The largest absolute Gasteiger partial charge is 0.0798 e. The molecular formula is C28H23P. The molecule has 0 spiro atoms. The van der Waals surface area contributed by atoms with E-state index < -0.39 is 7.92 Å². The second kappa shape index (κ2) is 7.82. The molecule has 0 saturated heterocycles. The van der Waals surface area contributed by atoms with Gasteiger partial charge in [-0.05, 0) is 64.7 Å². The highest BCUT2D eigenvalue weighted by atomic mass is 31.1. The molecule has 0 amide bonds. The van der Waals surface area contributed by atoms with E-state index in [9.17, 15) is 0 Å². The van der Waals surface area contributed by atoms with Gasteiger partial charge in [-0.1, -0.05) is 109 Å². The Kier molecular flexibility index (Phi) is 4.88. The van der Waals surface area contributed by atoms with Crippen LogP contribution in [-0.4, -0.2) is 0 Å². The lowest BCUT2D eigenvalue weighted by molar-refractivity contribution is 1.44. The average molecular weight is 390 g/mol. The van der Waals surface area contributed by atoms with E-state index >= 15 is 0 Å². The van der Waals surface area contributed by atoms with Crippen molar-refractivity contribution in [1.29, 1.82) is 0 Å². The van der Waals surface area contributed by atoms with Crippen LogP contribution < -0.4 is 15.9 Å². The van der Waals surface area contributed by atoms with Gasteiger partial charge < -0.3 is 0 Å². The van der Waals surface area contributed by atoms with E-state index in [4.69, 9.17) is 0 Å². The SMILES string of the molecule is CC1=C(c2c(P(c3ccccc3)c3ccccc3)ccc3ccccc23)CC=C1. The van der Waals surface area contributed by atoms with Gasteiger partial charge in [-0.2, -0.15) is 0 Å². The van der Waals surface area contributed by atoms with E-state index in [1.54, 1.807) is 0 Å². The number of allylic oxidation sites excluding steroid dienone is 4. The molecule has 0 saturated carbocycles. The van der Waals surface area contributed by atoms with Crippen molar-refractivity contribution in [2.45, 2.75) is 13.3 Å². The lowest BCUT2D eigenvalue weighted by Crippen LogP contribution is -2.23. The maximum atomic E-state index is 2.38. The Bertz CT molecular complexity index is 1180. The van der Waals surface area contributed by atoms with Gasteiger partial charge >= 0.3 is 0 Å². The van der Waals surface area contributed by atoms with Gasteiger partial charge in [-0.3, -0.25) is 0 Å². The van der Waals surface area contributed by atoms with Crippen LogP contribution in [0.15, 0.2) is 115 Å². The second-order valence-corrected chi connectivity index (χ2v) is 9.64. The van der Waals surface area contributed by atoms with E-state index in [1.165, 1.54) is 43.4 Å². The summed E-state index contributed by atoms with van der Waals surface area (Å²) in [5.41, 5.74) is 4.29. The normalized spacial score (nSPS) is 13.6. The summed E-state index contributed by atoms with van der Waals surface area (Å²) in [4.78, 5) is 0. The Labute approximate surface area is 174 Å². The summed E-state index contributed by atoms with van der Waals surface area (Å²) in [6.07, 6.45) is 5.58. The molecule has 0 radical (unpaired) electrons. The minimum absolute atomic E-state index is 0.637. The summed E-state index contributed by atoms with van der Waals surface area (Å²) in [6, 6.07) is 35.5. The lowest BCUT2D eigenvalue weighted by atomic mass is 9.95. The monoisotopic (exact) mass is 390 g/mol. The molecule has 0 aliphatic heterocycles. The summed E-state index contributed by atoms with van der Waals surface area (Å²) in [5.74, 6) is 0. The van der Waals surface area contributed by atoms with Crippen LogP contribution in [0, 0.1) is 0 Å². The summed E-state index contributed by atoms with van der Waals surface area (Å²) in [6.45, 7) is 2.25. The van der Waals surface area contributed by atoms with Gasteiger partial charge in [0, 0.05) is 0 Å². The zero-order valence-corrected chi connectivity index (χ0v) is 17.4. The number of benzene rings is 4. The molecule has 0 heterocycles. The molecule has 1 aliphatic rings. The number of hydrogen-bond donors (Lipinski definition) is 0. The molecule has 0 fully saturated rings. The van der Waals surface area contributed by atoms with Crippen molar-refractivity contribution in [1.82, 2.24) is 0 Å². The molecule has 0 N–H and O–H groups in total. The summed E-state index contributed by atoms with van der Waals surface area (Å²) >= 11 is 0. The predicted molar refractivity (Wildman–Crippen MR) is 129 cm³/mol. The molecular weight excluding hydrogens is 367 g/mol. The van der Waals surface area contributed by atoms with E-state index in [0.29, 0.717) is 0 Å². The first-order chi connectivity index (χ1) is 14.3. The molecule has 0 nitrogen and oxygen atoms in total. The molecule has 4 aromatic rings. The van der Waals surface area contributed by atoms with Crippen molar-refractivity contribution in [3.8, 4) is 0 Å². The summed E-state index contributed by atoms with van der Waals surface area (Å²) in [5, 5.41) is 6.93. The molecule has 29 heavy (non-hydrogen) atoms. The van der Waals surface area contributed by atoms with Crippen LogP contribution >= 0.6 is 7.92 Å². The van der Waals surface area contributed by atoms with Gasteiger partial charge in [0.25, 0.3) is 0 Å². The topological polar surface area (TPSA) is 0 Å². The van der Waals surface area contributed by atoms with E-state index in [2.05, 4.69) is 116 Å². The van der Waals surface area contributed by atoms with Gasteiger partial charge in [0.05, 0.1) is 0 Å². The van der Waals surface area contributed by atoms with Crippen molar-refractivity contribution in [2.75, 3.05) is 0 Å². The van der Waals surface area contributed by atoms with Gasteiger partial charge in [0.1, 0.15) is 0 Å². The van der Waals surface area contributed by atoms with Crippen LogP contribution in [0.1, 0.15) is 18.9 Å². The highest BCUT2D eigenvalue weighted by Crippen LogP contribution is 2.41. The quantitative estimate of drug-likeness (QED) is 0.357. The molecule has 0 aromatic heterocycles. The van der Waals surface area contributed by atoms with Crippen molar-refractivity contribution < 1.29 is 0 Å². The highest BCUT2D eigenvalue weighted by Gasteiger charge is 2.23. The Morgan fingerprint density at radius 3 is 1.90 bits per heavy atom. The third-order valence-corrected chi connectivity index (χ3v) is 8.13. The fourth-order valence-electron chi connectivity index (χ4n) is 4.26. The number of rotatable bonds is 4. The van der Waals surface area contributed by atoms with Crippen LogP contribution in [0.25, 0.3) is 16.3 Å². The Morgan fingerprint density at radius 1 is 0.655 bits per heavy atom. The second-order valence-electron chi connectivity index (χ2n) is 7.46. The molecule has 5 rings (SSSR count). The zero-order chi connectivity index (χ0) is 19.6. The molecule has 4 aromatic carbocycles. The zero-order valence-electron chi connectivity index (χ0n) is 16.5. The van der Waals surface area contributed by atoms with E-state index in [-0.39, 0.29) is 0 Å². The first kappa shape index (κ1) is 18.1. The fourth-order valence-corrected chi connectivity index (χ4v) is 6.76. The fraction of sp³-hybridized carbons (Fsp3) is 0.0714. The summed E-state index contributed by atoms with van der Waals surface area (Å²) < 4.78 is 0. The molecule has 0 unspecified atom stereocenters. The van der Waals surface area contributed by atoms with Gasteiger partial charge in [0.15, 0.2) is 0 Å². The van der Waals surface area contributed by atoms with Crippen molar-refractivity contribution in [3.63, 3.8) is 0 Å². The Hall–Kier alpha value is -2.95. The van der Waals surface area contributed by atoms with E-state index in [1.807, 2.05) is 0 Å². The molecule has 1 heteroatoms. The van der Waals surface area contributed by atoms with Gasteiger partial charge in [0.2, 0.25) is 0 Å². The maximum absolute atomic E-state index is 2.38. The Balaban J connectivity index is 1.84. The van der Waals surface area contributed by atoms with Crippen LogP contribution in [0.4, 0.5) is 0 Å². The minimum atomic E-state index is -0.637. The Morgan fingerprint density at radius 2 is 1.28 bits per heavy atom. The molecule has 140 valence electrons. The smallest absolute Gasteiger partial charge is 0.00564 e. The average Bonchev–Trinajstić information content (AvgIpc) is 3.20. The predicted octanol–water partition coefficient (Wildman–Crippen LogP) is 6.33. The number of hydrogen-bond acceptors (Lipinski definition) is 0. The first-order valence-corrected chi connectivity index (χ1v) is 11.5. The maximum Gasteiger partial charge on any atom is -0.00564 e. The van der Waals surface area contributed by atoms with Gasteiger partial charge in [-0.25, -0.2) is 0 Å². The lowest BCUT2D eigenvalue weighted by Gasteiger charge is -2.24. The van der Waals surface area contributed by atoms with Crippen molar-refractivity contribution >= 4 is 40.2 Å². The minimum Gasteiger partial charge on any atom is -0.0798 e. The van der Waals surface area contributed by atoms with Crippen LogP contribution in [0.2, 0.25) is 0 Å². The van der Waals surface area contributed by atoms with Crippen LogP contribution in [-0.2, 0) is 0 Å². The summed E-state index contributed by atoms with van der Waals surface area (Å²) in [7, 11) is -0.637. The molecule has 0 atom stereocenters. The van der Waals surface area contributed by atoms with E-state index in [0.717, 1.165) is 6.42 Å². The number of fused-ring (bicyclic) bond motifs is 1. The third-order valence-electron chi connectivity index (χ3n) is 5.64. The van der Waals surface area contributed by atoms with Crippen LogP contribution in [0.5, 0.6) is 0 Å². The van der Waals surface area contributed by atoms with Crippen molar-refractivity contribution in [3.05, 3.63) is 120 Å². The van der Waals surface area contributed by atoms with Crippen molar-refractivity contribution in [2.24, 2.45) is 0 Å². The molecule has 1 aliphatic carbocycles. The third kappa shape index (κ3) is 3.35. The van der Waals surface area contributed by atoms with Crippen LogP contribution in [0.3, 0.4) is 0 Å². The first-order valence-electron chi connectivity index (χ1n) is 10.1. The van der Waals surface area contributed by atoms with Gasteiger partial charge in [-0.15, -0.1) is 0 Å². The highest BCUT2D eigenvalue weighted by molar-refractivity contribution is 7.80. The molecule has 0 bridgehead atoms.